The van der Waals surface area contributed by atoms with Gasteiger partial charge >= 0.3 is 0 Å². The number of halogens is 1. The van der Waals surface area contributed by atoms with Crippen LogP contribution in [0.3, 0.4) is 0 Å². The molecule has 3 rings (SSSR count). The molecule has 24 heavy (non-hydrogen) atoms. The van der Waals surface area contributed by atoms with Crippen LogP contribution in [0.15, 0.2) is 40.9 Å². The van der Waals surface area contributed by atoms with Crippen LogP contribution in [-0.4, -0.2) is 46.9 Å². The summed E-state index contributed by atoms with van der Waals surface area (Å²) >= 11 is 5.77. The molecular formula is C18H22ClN3O2. The molecule has 3 heterocycles. The average molecular weight is 348 g/mol. The number of hydrogen-bond donors (Lipinski definition) is 0. The van der Waals surface area contributed by atoms with E-state index in [0.717, 1.165) is 44.6 Å². The van der Waals surface area contributed by atoms with Crippen molar-refractivity contribution in [2.24, 2.45) is 0 Å². The highest BCUT2D eigenvalue weighted by Crippen LogP contribution is 2.20. The molecule has 0 N–H and O–H groups in total. The Bertz CT molecular complexity index is 674. The Morgan fingerprint density at radius 2 is 2.21 bits per heavy atom. The van der Waals surface area contributed by atoms with Gasteiger partial charge in [0, 0.05) is 31.9 Å². The first kappa shape index (κ1) is 17.0. The SMILES string of the molecule is CN(Cc1ccccn1)C1CCCN(C(=O)c2ccc(Cl)o2)CC1. The minimum absolute atomic E-state index is 0.0741. The monoisotopic (exact) mass is 347 g/mol. The molecule has 1 aliphatic heterocycles. The molecule has 0 spiro atoms. The smallest absolute Gasteiger partial charge is 0.289 e. The summed E-state index contributed by atoms with van der Waals surface area (Å²) in [7, 11) is 2.13. The molecule has 1 unspecified atom stereocenters. The highest BCUT2D eigenvalue weighted by Gasteiger charge is 2.25. The molecular weight excluding hydrogens is 326 g/mol. The maximum absolute atomic E-state index is 12.5. The summed E-state index contributed by atoms with van der Waals surface area (Å²) in [6.45, 7) is 2.31. The highest BCUT2D eigenvalue weighted by molar-refractivity contribution is 6.29. The Morgan fingerprint density at radius 3 is 2.92 bits per heavy atom. The molecule has 2 aromatic rings. The number of furan rings is 1. The first-order valence-corrected chi connectivity index (χ1v) is 8.66. The predicted molar refractivity (Wildman–Crippen MR) is 93.0 cm³/mol. The van der Waals surface area contributed by atoms with Crippen LogP contribution in [0.4, 0.5) is 0 Å². The minimum atomic E-state index is -0.0741. The fourth-order valence-electron chi connectivity index (χ4n) is 3.18. The van der Waals surface area contributed by atoms with Gasteiger partial charge in [0.15, 0.2) is 11.0 Å². The lowest BCUT2D eigenvalue weighted by atomic mass is 10.1. The van der Waals surface area contributed by atoms with Crippen LogP contribution in [-0.2, 0) is 6.54 Å². The fourth-order valence-corrected chi connectivity index (χ4v) is 3.33. The highest BCUT2D eigenvalue weighted by atomic mass is 35.5. The third-order valence-electron chi connectivity index (χ3n) is 4.53. The van der Waals surface area contributed by atoms with Gasteiger partial charge in [0.05, 0.1) is 5.69 Å². The van der Waals surface area contributed by atoms with Crippen molar-refractivity contribution >= 4 is 17.5 Å². The number of carbonyl (C=O) groups excluding carboxylic acids is 1. The first-order chi connectivity index (χ1) is 11.6. The summed E-state index contributed by atoms with van der Waals surface area (Å²) in [6, 6.07) is 9.68. The van der Waals surface area contributed by atoms with E-state index in [0.29, 0.717) is 11.8 Å². The molecule has 0 bridgehead atoms. The molecule has 6 heteroatoms. The molecule has 2 aromatic heterocycles. The number of pyridine rings is 1. The number of likely N-dealkylation sites (tertiary alicyclic amines) is 1. The second-order valence-electron chi connectivity index (χ2n) is 6.22. The number of aromatic nitrogens is 1. The molecule has 1 atom stereocenters. The standard InChI is InChI=1S/C18H22ClN3O2/c1-21(13-14-5-2-3-10-20-14)15-6-4-11-22(12-9-15)18(23)16-7-8-17(19)24-16/h2-3,5,7-8,10,15H,4,6,9,11-13H2,1H3. The van der Waals surface area contributed by atoms with Gasteiger partial charge in [-0.25, -0.2) is 0 Å². The van der Waals surface area contributed by atoms with E-state index in [1.54, 1.807) is 12.1 Å². The normalized spacial score (nSPS) is 18.6. The molecule has 0 aromatic carbocycles. The van der Waals surface area contributed by atoms with E-state index in [4.69, 9.17) is 16.0 Å². The molecule has 0 radical (unpaired) electrons. The lowest BCUT2D eigenvalue weighted by molar-refractivity contribution is 0.0725. The van der Waals surface area contributed by atoms with Gasteiger partial charge in [-0.2, -0.15) is 0 Å². The Balaban J connectivity index is 1.57. The molecule has 0 aliphatic carbocycles. The number of hydrogen-bond acceptors (Lipinski definition) is 4. The quantitative estimate of drug-likeness (QED) is 0.850. The Hall–Kier alpha value is -1.85. The van der Waals surface area contributed by atoms with Crippen molar-refractivity contribution < 1.29 is 9.21 Å². The van der Waals surface area contributed by atoms with Gasteiger partial charge < -0.3 is 9.32 Å². The van der Waals surface area contributed by atoms with Crippen LogP contribution in [0.5, 0.6) is 0 Å². The topological polar surface area (TPSA) is 49.6 Å². The first-order valence-electron chi connectivity index (χ1n) is 8.28. The summed E-state index contributed by atoms with van der Waals surface area (Å²) in [5.74, 6) is 0.246. The summed E-state index contributed by atoms with van der Waals surface area (Å²) in [5.41, 5.74) is 1.07. The van der Waals surface area contributed by atoms with Crippen LogP contribution < -0.4 is 0 Å². The van der Waals surface area contributed by atoms with Crippen molar-refractivity contribution in [2.75, 3.05) is 20.1 Å². The van der Waals surface area contributed by atoms with Crippen LogP contribution in [0.2, 0.25) is 5.22 Å². The molecule has 1 amide bonds. The molecule has 5 nitrogen and oxygen atoms in total. The van der Waals surface area contributed by atoms with E-state index in [1.807, 2.05) is 29.3 Å². The van der Waals surface area contributed by atoms with Crippen molar-refractivity contribution in [3.8, 4) is 0 Å². The van der Waals surface area contributed by atoms with Gasteiger partial charge in [-0.05, 0) is 62.2 Å². The number of nitrogens with zero attached hydrogens (tertiary/aromatic N) is 3. The van der Waals surface area contributed by atoms with Crippen molar-refractivity contribution in [1.29, 1.82) is 0 Å². The Labute approximate surface area is 147 Å². The third kappa shape index (κ3) is 4.16. The van der Waals surface area contributed by atoms with Crippen molar-refractivity contribution in [1.82, 2.24) is 14.8 Å². The van der Waals surface area contributed by atoms with Gasteiger partial charge in [0.1, 0.15) is 0 Å². The van der Waals surface area contributed by atoms with Crippen LogP contribution in [0.25, 0.3) is 0 Å². The molecule has 1 fully saturated rings. The van der Waals surface area contributed by atoms with Crippen molar-refractivity contribution in [2.45, 2.75) is 31.8 Å². The maximum atomic E-state index is 12.5. The summed E-state index contributed by atoms with van der Waals surface area (Å²) in [6.07, 6.45) is 4.83. The maximum Gasteiger partial charge on any atom is 0.289 e. The van der Waals surface area contributed by atoms with Gasteiger partial charge in [-0.3, -0.25) is 14.7 Å². The molecule has 0 saturated carbocycles. The zero-order valence-corrected chi connectivity index (χ0v) is 14.6. The fraction of sp³-hybridized carbons (Fsp3) is 0.444. The number of amides is 1. The predicted octanol–water partition coefficient (Wildman–Crippen LogP) is 3.45. The van der Waals surface area contributed by atoms with E-state index in [2.05, 4.69) is 16.9 Å². The lowest BCUT2D eigenvalue weighted by Crippen LogP contribution is -2.34. The average Bonchev–Trinajstić information content (AvgIpc) is 2.87. The largest absolute Gasteiger partial charge is 0.440 e. The number of rotatable bonds is 4. The molecule has 1 aliphatic rings. The van der Waals surface area contributed by atoms with Gasteiger partial charge in [0.25, 0.3) is 5.91 Å². The van der Waals surface area contributed by atoms with Crippen LogP contribution >= 0.6 is 11.6 Å². The Morgan fingerprint density at radius 1 is 1.33 bits per heavy atom. The van der Waals surface area contributed by atoms with Gasteiger partial charge in [0.2, 0.25) is 0 Å². The minimum Gasteiger partial charge on any atom is -0.440 e. The van der Waals surface area contributed by atoms with Gasteiger partial charge in [-0.15, -0.1) is 0 Å². The summed E-state index contributed by atoms with van der Waals surface area (Å²) < 4.78 is 5.25. The number of carbonyl (C=O) groups is 1. The van der Waals surface area contributed by atoms with Crippen LogP contribution in [0, 0.1) is 0 Å². The van der Waals surface area contributed by atoms with Gasteiger partial charge in [-0.1, -0.05) is 6.07 Å². The third-order valence-corrected chi connectivity index (χ3v) is 4.73. The second-order valence-corrected chi connectivity index (χ2v) is 6.59. The van der Waals surface area contributed by atoms with Crippen LogP contribution in [0.1, 0.15) is 35.5 Å². The lowest BCUT2D eigenvalue weighted by Gasteiger charge is -2.26. The summed E-state index contributed by atoms with van der Waals surface area (Å²) in [5, 5.41) is 0.251. The zero-order valence-electron chi connectivity index (χ0n) is 13.8. The van der Waals surface area contributed by atoms with E-state index >= 15 is 0 Å². The van der Waals surface area contributed by atoms with E-state index in [-0.39, 0.29) is 11.1 Å². The Kier molecular flexibility index (Phi) is 5.53. The molecule has 1 saturated heterocycles. The van der Waals surface area contributed by atoms with E-state index < -0.39 is 0 Å². The second kappa shape index (κ2) is 7.81. The molecule has 128 valence electrons. The zero-order chi connectivity index (χ0) is 16.9. The summed E-state index contributed by atoms with van der Waals surface area (Å²) in [4.78, 5) is 21.1. The van der Waals surface area contributed by atoms with E-state index in [9.17, 15) is 4.79 Å². The van der Waals surface area contributed by atoms with Crippen molar-refractivity contribution in [3.05, 3.63) is 53.2 Å². The van der Waals surface area contributed by atoms with Crippen molar-refractivity contribution in [3.63, 3.8) is 0 Å². The van der Waals surface area contributed by atoms with E-state index in [1.165, 1.54) is 0 Å².